The molecule has 0 atom stereocenters. The summed E-state index contributed by atoms with van der Waals surface area (Å²) in [5, 5.41) is 0. The molecule has 18 heavy (non-hydrogen) atoms. The number of hydrogen-bond acceptors (Lipinski definition) is 4. The lowest BCUT2D eigenvalue weighted by atomic mass is 10.0. The molecule has 0 fully saturated rings. The molecule has 92 valence electrons. The van der Waals surface area contributed by atoms with Crippen molar-refractivity contribution in [3.63, 3.8) is 0 Å². The van der Waals surface area contributed by atoms with E-state index in [-0.39, 0.29) is 10.7 Å². The van der Waals surface area contributed by atoms with Crippen molar-refractivity contribution in [2.24, 2.45) is 0 Å². The van der Waals surface area contributed by atoms with Gasteiger partial charge in [0.1, 0.15) is 10.1 Å². The van der Waals surface area contributed by atoms with Gasteiger partial charge < -0.3 is 4.55 Å². The van der Waals surface area contributed by atoms with Gasteiger partial charge in [0.2, 0.25) is 0 Å². The molecule has 0 unspecified atom stereocenters. The lowest BCUT2D eigenvalue weighted by Gasteiger charge is -2.07. The van der Waals surface area contributed by atoms with Crippen LogP contribution < -0.4 is 0 Å². The molecule has 0 aliphatic rings. The number of benzene rings is 2. The Morgan fingerprint density at radius 2 is 1.33 bits per heavy atom. The maximum atomic E-state index is 12.0. The molecule has 0 N–H and O–H groups in total. The summed E-state index contributed by atoms with van der Waals surface area (Å²) in [7, 11) is -4.47. The Kier molecular flexibility index (Phi) is 3.27. The zero-order valence-corrected chi connectivity index (χ0v) is 10.1. The summed E-state index contributed by atoms with van der Waals surface area (Å²) in [6, 6.07) is 13.6. The third-order valence-electron chi connectivity index (χ3n) is 2.44. The molecule has 0 saturated heterocycles. The van der Waals surface area contributed by atoms with Crippen LogP contribution in [0.25, 0.3) is 0 Å². The van der Waals surface area contributed by atoms with Crippen molar-refractivity contribution < 1.29 is 17.8 Å². The van der Waals surface area contributed by atoms with Crippen molar-refractivity contribution in [1.82, 2.24) is 0 Å². The average Bonchev–Trinajstić information content (AvgIpc) is 2.38. The Labute approximate surface area is 105 Å². The summed E-state index contributed by atoms with van der Waals surface area (Å²) >= 11 is 0. The van der Waals surface area contributed by atoms with E-state index in [1.54, 1.807) is 30.3 Å². The monoisotopic (exact) mass is 261 g/mol. The topological polar surface area (TPSA) is 74.3 Å². The molecule has 2 aromatic carbocycles. The summed E-state index contributed by atoms with van der Waals surface area (Å²) in [5.41, 5.74) is 0.851. The smallest absolute Gasteiger partial charge is 0.193 e. The van der Waals surface area contributed by atoms with Gasteiger partial charge >= 0.3 is 0 Å². The lowest BCUT2D eigenvalue weighted by molar-refractivity contribution is 0.103. The van der Waals surface area contributed by atoms with Crippen LogP contribution in [0.1, 0.15) is 15.9 Å². The van der Waals surface area contributed by atoms with Gasteiger partial charge in [0.05, 0.1) is 4.90 Å². The number of rotatable bonds is 3. The summed E-state index contributed by atoms with van der Waals surface area (Å²) in [5.74, 6) is -0.217. The highest BCUT2D eigenvalue weighted by atomic mass is 32.2. The SMILES string of the molecule is O=C(c1ccccc1)c1ccc(S(=O)(=O)[O-])cc1. The minimum Gasteiger partial charge on any atom is -0.744 e. The first-order chi connectivity index (χ1) is 8.48. The molecule has 4 nitrogen and oxygen atoms in total. The molecule has 0 amide bonds. The fraction of sp³-hybridized carbons (Fsp3) is 0. The van der Waals surface area contributed by atoms with Gasteiger partial charge in [-0.25, -0.2) is 8.42 Å². The second-order valence-corrected chi connectivity index (χ2v) is 5.05. The number of ketones is 1. The van der Waals surface area contributed by atoms with Crippen LogP contribution in [0, 0.1) is 0 Å². The van der Waals surface area contributed by atoms with Crippen molar-refractivity contribution in [1.29, 1.82) is 0 Å². The highest BCUT2D eigenvalue weighted by Gasteiger charge is 2.09. The van der Waals surface area contributed by atoms with Crippen LogP contribution in [0.3, 0.4) is 0 Å². The van der Waals surface area contributed by atoms with Gasteiger partial charge in [-0.1, -0.05) is 30.3 Å². The van der Waals surface area contributed by atoms with E-state index in [9.17, 15) is 17.8 Å². The van der Waals surface area contributed by atoms with E-state index in [0.717, 1.165) is 12.1 Å². The predicted molar refractivity (Wildman–Crippen MR) is 64.3 cm³/mol. The fourth-order valence-corrected chi connectivity index (χ4v) is 2.00. The van der Waals surface area contributed by atoms with Crippen LogP contribution >= 0.6 is 0 Å². The quantitative estimate of drug-likeness (QED) is 0.624. The Morgan fingerprint density at radius 3 is 1.83 bits per heavy atom. The first-order valence-corrected chi connectivity index (χ1v) is 6.55. The zero-order valence-electron chi connectivity index (χ0n) is 9.24. The van der Waals surface area contributed by atoms with Crippen LogP contribution in [0.4, 0.5) is 0 Å². The summed E-state index contributed by atoms with van der Waals surface area (Å²) in [4.78, 5) is 11.6. The van der Waals surface area contributed by atoms with Crippen molar-refractivity contribution in [3.05, 3.63) is 65.7 Å². The Bertz CT molecular complexity index is 658. The molecule has 5 heteroatoms. The second kappa shape index (κ2) is 4.72. The van der Waals surface area contributed by atoms with Crippen LogP contribution in [0.2, 0.25) is 0 Å². The van der Waals surface area contributed by atoms with Crippen LogP contribution in [-0.2, 0) is 10.1 Å². The summed E-state index contributed by atoms with van der Waals surface area (Å²) in [6.07, 6.45) is 0. The van der Waals surface area contributed by atoms with Crippen LogP contribution in [0.15, 0.2) is 59.5 Å². The van der Waals surface area contributed by atoms with Gasteiger partial charge in [-0.05, 0) is 24.3 Å². The molecule has 0 aliphatic carbocycles. The number of hydrogen-bond donors (Lipinski definition) is 0. The number of carbonyl (C=O) groups excluding carboxylic acids is 1. The molecule has 0 aliphatic heterocycles. The molecule has 0 spiro atoms. The van der Waals surface area contributed by atoms with E-state index in [4.69, 9.17) is 0 Å². The fourth-order valence-electron chi connectivity index (χ4n) is 1.53. The number of carbonyl (C=O) groups is 1. The maximum absolute atomic E-state index is 12.0. The zero-order chi connectivity index (χ0) is 13.2. The van der Waals surface area contributed by atoms with Crippen molar-refractivity contribution in [2.75, 3.05) is 0 Å². The van der Waals surface area contributed by atoms with Gasteiger partial charge in [0.15, 0.2) is 5.78 Å². The molecule has 2 aromatic rings. The van der Waals surface area contributed by atoms with Gasteiger partial charge in [0.25, 0.3) is 0 Å². The largest absolute Gasteiger partial charge is 0.744 e. The van der Waals surface area contributed by atoms with Gasteiger partial charge in [-0.2, -0.15) is 0 Å². The van der Waals surface area contributed by atoms with E-state index in [0.29, 0.717) is 11.1 Å². The van der Waals surface area contributed by atoms with E-state index in [1.165, 1.54) is 12.1 Å². The molecule has 0 bridgehead atoms. The second-order valence-electron chi connectivity index (χ2n) is 3.67. The van der Waals surface area contributed by atoms with E-state index in [1.807, 2.05) is 0 Å². The van der Waals surface area contributed by atoms with Gasteiger partial charge in [-0.3, -0.25) is 4.79 Å². The maximum Gasteiger partial charge on any atom is 0.193 e. The average molecular weight is 261 g/mol. The normalized spacial score (nSPS) is 11.2. The molecule has 2 rings (SSSR count). The minimum absolute atomic E-state index is 0.217. The molecule has 0 saturated carbocycles. The van der Waals surface area contributed by atoms with E-state index < -0.39 is 10.1 Å². The third-order valence-corrected chi connectivity index (χ3v) is 3.29. The Hall–Kier alpha value is -1.98. The van der Waals surface area contributed by atoms with Crippen molar-refractivity contribution >= 4 is 15.9 Å². The first kappa shape index (κ1) is 12.5. The summed E-state index contributed by atoms with van der Waals surface area (Å²) < 4.78 is 32.2. The molecule has 0 aromatic heterocycles. The lowest BCUT2D eigenvalue weighted by Crippen LogP contribution is -2.03. The highest BCUT2D eigenvalue weighted by molar-refractivity contribution is 7.85. The van der Waals surface area contributed by atoms with E-state index in [2.05, 4.69) is 0 Å². The highest BCUT2D eigenvalue weighted by Crippen LogP contribution is 2.13. The third kappa shape index (κ3) is 2.64. The van der Waals surface area contributed by atoms with Crippen molar-refractivity contribution in [3.8, 4) is 0 Å². The van der Waals surface area contributed by atoms with Crippen LogP contribution in [-0.4, -0.2) is 18.8 Å². The van der Waals surface area contributed by atoms with Gasteiger partial charge in [0, 0.05) is 11.1 Å². The van der Waals surface area contributed by atoms with Crippen molar-refractivity contribution in [2.45, 2.75) is 4.90 Å². The molecular weight excluding hydrogens is 252 g/mol. The summed E-state index contributed by atoms with van der Waals surface area (Å²) in [6.45, 7) is 0. The Morgan fingerprint density at radius 1 is 0.833 bits per heavy atom. The molecular formula is C13H9O4S-. The van der Waals surface area contributed by atoms with Gasteiger partial charge in [-0.15, -0.1) is 0 Å². The molecule has 0 radical (unpaired) electrons. The van der Waals surface area contributed by atoms with Crippen LogP contribution in [0.5, 0.6) is 0 Å². The van der Waals surface area contributed by atoms with E-state index >= 15 is 0 Å². The predicted octanol–water partition coefficient (Wildman–Crippen LogP) is 1.82. The minimum atomic E-state index is -4.47. The molecule has 0 heterocycles. The standard InChI is InChI=1S/C13H10O4S/c14-13(10-4-2-1-3-5-10)11-6-8-12(9-7-11)18(15,16)17/h1-9H,(H,15,16,17)/p-1. The Balaban J connectivity index is 2.34. The first-order valence-electron chi connectivity index (χ1n) is 5.14.